The first kappa shape index (κ1) is 8.83. The highest BCUT2D eigenvalue weighted by Gasteiger charge is 2.38. The Kier molecular flexibility index (Phi) is 1.96. The van der Waals surface area contributed by atoms with Crippen LogP contribution in [0.1, 0.15) is 31.2 Å². The second-order valence-electron chi connectivity index (χ2n) is 4.51. The third-order valence-corrected chi connectivity index (χ3v) is 2.92. The average molecular weight is 174 g/mol. The van der Waals surface area contributed by atoms with Gasteiger partial charge in [0.25, 0.3) is 0 Å². The Hall–Kier alpha value is -0.755. The molecule has 68 valence electrons. The first-order valence-electron chi connectivity index (χ1n) is 4.86. The minimum absolute atomic E-state index is 0.407. The van der Waals surface area contributed by atoms with Gasteiger partial charge in [-0.2, -0.15) is 0 Å². The zero-order valence-corrected chi connectivity index (χ0v) is 8.25. The molecule has 1 fully saturated rings. The molecule has 1 saturated carbocycles. The summed E-state index contributed by atoms with van der Waals surface area (Å²) in [4.78, 5) is 0. The van der Waals surface area contributed by atoms with Gasteiger partial charge >= 0.3 is 0 Å². The van der Waals surface area contributed by atoms with Gasteiger partial charge in [-0.05, 0) is 31.2 Å². The molecular formula is C11H15BO. The molecule has 1 aliphatic rings. The monoisotopic (exact) mass is 174 g/mol. The van der Waals surface area contributed by atoms with Crippen LogP contribution in [-0.4, -0.2) is 18.6 Å². The standard InChI is InChI=1S/C11H15BO/c1-11(13)6-9(7-11)8-2-4-10(12)5-3-8/h2-5,9,13H,6-7,12H2,1H3. The molecule has 0 unspecified atom stereocenters. The van der Waals surface area contributed by atoms with E-state index in [9.17, 15) is 5.11 Å². The predicted octanol–water partition coefficient (Wildman–Crippen LogP) is 0.573. The quantitative estimate of drug-likeness (QED) is 0.617. The predicted molar refractivity (Wildman–Crippen MR) is 57.2 cm³/mol. The van der Waals surface area contributed by atoms with Crippen LogP contribution in [-0.2, 0) is 0 Å². The summed E-state index contributed by atoms with van der Waals surface area (Å²) in [5.74, 6) is 0.579. The van der Waals surface area contributed by atoms with E-state index in [4.69, 9.17) is 0 Å². The fourth-order valence-corrected chi connectivity index (χ4v) is 2.08. The lowest BCUT2D eigenvalue weighted by molar-refractivity contribution is -0.0313. The number of hydrogen-bond donors (Lipinski definition) is 1. The molecule has 0 atom stereocenters. The van der Waals surface area contributed by atoms with Crippen molar-refractivity contribution in [3.8, 4) is 0 Å². The summed E-state index contributed by atoms with van der Waals surface area (Å²) >= 11 is 0. The van der Waals surface area contributed by atoms with Crippen LogP contribution in [0.3, 0.4) is 0 Å². The molecule has 0 aliphatic heterocycles. The molecule has 0 heterocycles. The van der Waals surface area contributed by atoms with Gasteiger partial charge in [-0.1, -0.05) is 29.7 Å². The maximum absolute atomic E-state index is 9.60. The largest absolute Gasteiger partial charge is 0.390 e. The van der Waals surface area contributed by atoms with Crippen LogP contribution in [0.2, 0.25) is 0 Å². The molecule has 0 aromatic heterocycles. The summed E-state index contributed by atoms with van der Waals surface area (Å²) in [6, 6.07) is 8.63. The highest BCUT2D eigenvalue weighted by Crippen LogP contribution is 2.43. The Bertz CT molecular complexity index is 294. The zero-order chi connectivity index (χ0) is 9.47. The van der Waals surface area contributed by atoms with Crippen molar-refractivity contribution < 1.29 is 5.11 Å². The van der Waals surface area contributed by atoms with Gasteiger partial charge in [0.05, 0.1) is 5.60 Å². The SMILES string of the molecule is Bc1ccc(C2CC(C)(O)C2)cc1. The molecule has 1 N–H and O–H groups in total. The van der Waals surface area contributed by atoms with Crippen molar-refractivity contribution in [3.63, 3.8) is 0 Å². The summed E-state index contributed by atoms with van der Waals surface area (Å²) in [6.45, 7) is 1.91. The second kappa shape index (κ2) is 2.88. The van der Waals surface area contributed by atoms with Crippen LogP contribution in [0.15, 0.2) is 24.3 Å². The van der Waals surface area contributed by atoms with Gasteiger partial charge in [0.15, 0.2) is 0 Å². The number of hydrogen-bond acceptors (Lipinski definition) is 1. The molecule has 0 bridgehead atoms. The highest BCUT2D eigenvalue weighted by atomic mass is 16.3. The van der Waals surface area contributed by atoms with Gasteiger partial charge in [-0.25, -0.2) is 0 Å². The van der Waals surface area contributed by atoms with E-state index >= 15 is 0 Å². The summed E-state index contributed by atoms with van der Waals surface area (Å²) < 4.78 is 0. The average Bonchev–Trinajstić information content (AvgIpc) is 2.01. The second-order valence-corrected chi connectivity index (χ2v) is 4.51. The van der Waals surface area contributed by atoms with Crippen LogP contribution < -0.4 is 5.46 Å². The van der Waals surface area contributed by atoms with E-state index in [1.807, 2.05) is 6.92 Å². The lowest BCUT2D eigenvalue weighted by atomic mass is 9.69. The van der Waals surface area contributed by atoms with E-state index in [1.54, 1.807) is 0 Å². The van der Waals surface area contributed by atoms with Crippen molar-refractivity contribution >= 4 is 13.3 Å². The smallest absolute Gasteiger partial charge is 0.139 e. The zero-order valence-electron chi connectivity index (χ0n) is 8.25. The molecule has 0 radical (unpaired) electrons. The van der Waals surface area contributed by atoms with Crippen LogP contribution in [0.5, 0.6) is 0 Å². The van der Waals surface area contributed by atoms with Crippen molar-refractivity contribution in [2.45, 2.75) is 31.3 Å². The minimum atomic E-state index is -0.407. The molecule has 0 saturated heterocycles. The van der Waals surface area contributed by atoms with E-state index in [0.717, 1.165) is 12.8 Å². The Morgan fingerprint density at radius 2 is 1.85 bits per heavy atom. The van der Waals surface area contributed by atoms with Gasteiger partial charge in [-0.15, -0.1) is 0 Å². The van der Waals surface area contributed by atoms with Gasteiger partial charge in [0, 0.05) is 0 Å². The van der Waals surface area contributed by atoms with E-state index in [0.29, 0.717) is 5.92 Å². The molecule has 1 aromatic rings. The number of aliphatic hydroxyl groups is 1. The molecule has 2 rings (SSSR count). The first-order valence-corrected chi connectivity index (χ1v) is 4.86. The lowest BCUT2D eigenvalue weighted by Gasteiger charge is -2.41. The fourth-order valence-electron chi connectivity index (χ4n) is 2.08. The van der Waals surface area contributed by atoms with Crippen molar-refractivity contribution in [3.05, 3.63) is 29.8 Å². The summed E-state index contributed by atoms with van der Waals surface area (Å²) in [7, 11) is 2.10. The maximum atomic E-state index is 9.60. The molecule has 0 amide bonds. The summed E-state index contributed by atoms with van der Waals surface area (Å²) in [6.07, 6.45) is 1.83. The van der Waals surface area contributed by atoms with Crippen molar-refractivity contribution in [1.82, 2.24) is 0 Å². The molecule has 13 heavy (non-hydrogen) atoms. The lowest BCUT2D eigenvalue weighted by Crippen LogP contribution is -2.39. The summed E-state index contributed by atoms with van der Waals surface area (Å²) in [5, 5.41) is 9.60. The third-order valence-electron chi connectivity index (χ3n) is 2.92. The third kappa shape index (κ3) is 1.78. The van der Waals surface area contributed by atoms with Gasteiger partial charge < -0.3 is 5.11 Å². The van der Waals surface area contributed by atoms with Crippen LogP contribution in [0, 0.1) is 0 Å². The summed E-state index contributed by atoms with van der Waals surface area (Å²) in [5.41, 5.74) is 2.27. The molecule has 0 spiro atoms. The Balaban J connectivity index is 2.08. The number of rotatable bonds is 1. The van der Waals surface area contributed by atoms with Crippen molar-refractivity contribution in [2.24, 2.45) is 0 Å². The normalized spacial score (nSPS) is 32.6. The molecule has 2 heteroatoms. The first-order chi connectivity index (χ1) is 6.07. The molecular weight excluding hydrogens is 159 g/mol. The Labute approximate surface area is 80.2 Å². The minimum Gasteiger partial charge on any atom is -0.390 e. The van der Waals surface area contributed by atoms with Crippen molar-refractivity contribution in [2.75, 3.05) is 0 Å². The van der Waals surface area contributed by atoms with E-state index in [-0.39, 0.29) is 0 Å². The topological polar surface area (TPSA) is 20.2 Å². The Morgan fingerprint density at radius 3 is 2.31 bits per heavy atom. The van der Waals surface area contributed by atoms with E-state index in [2.05, 4.69) is 32.1 Å². The Morgan fingerprint density at radius 1 is 1.31 bits per heavy atom. The van der Waals surface area contributed by atoms with Crippen LogP contribution in [0.25, 0.3) is 0 Å². The van der Waals surface area contributed by atoms with E-state index in [1.165, 1.54) is 11.0 Å². The van der Waals surface area contributed by atoms with Gasteiger partial charge in [-0.3, -0.25) is 0 Å². The molecule has 1 aliphatic carbocycles. The van der Waals surface area contributed by atoms with Gasteiger partial charge in [0.2, 0.25) is 0 Å². The highest BCUT2D eigenvalue weighted by molar-refractivity contribution is 6.32. The van der Waals surface area contributed by atoms with Gasteiger partial charge in [0.1, 0.15) is 7.85 Å². The molecule has 1 aromatic carbocycles. The van der Waals surface area contributed by atoms with Crippen molar-refractivity contribution in [1.29, 1.82) is 0 Å². The van der Waals surface area contributed by atoms with Crippen LogP contribution >= 0.6 is 0 Å². The van der Waals surface area contributed by atoms with E-state index < -0.39 is 5.60 Å². The van der Waals surface area contributed by atoms with Crippen LogP contribution in [0.4, 0.5) is 0 Å². The number of benzene rings is 1. The fraction of sp³-hybridized carbons (Fsp3) is 0.455. The maximum Gasteiger partial charge on any atom is 0.139 e. The molecule has 1 nitrogen and oxygen atoms in total.